The molecule has 1 N–H and O–H groups in total. The van der Waals surface area contributed by atoms with Crippen LogP contribution in [0, 0.1) is 17.3 Å². The number of aliphatic hydroxyl groups is 1. The Kier molecular flexibility index (Phi) is 4.69. The Morgan fingerprint density at radius 2 is 2.00 bits per heavy atom. The van der Waals surface area contributed by atoms with Crippen molar-refractivity contribution < 1.29 is 24.1 Å². The first-order valence-corrected chi connectivity index (χ1v) is 10.2. The van der Waals surface area contributed by atoms with Crippen LogP contribution in [0.1, 0.15) is 63.7 Å². The van der Waals surface area contributed by atoms with Gasteiger partial charge in [0.25, 0.3) is 0 Å². The Bertz CT molecular complexity index is 813. The molecule has 1 fully saturated rings. The zero-order valence-electron chi connectivity index (χ0n) is 17.2. The topological polar surface area (TPSA) is 65.0 Å². The van der Waals surface area contributed by atoms with Gasteiger partial charge in [0.1, 0.15) is 6.10 Å². The number of benzene rings is 1. The van der Waals surface area contributed by atoms with Gasteiger partial charge in [-0.2, -0.15) is 0 Å². The van der Waals surface area contributed by atoms with Gasteiger partial charge in [0.2, 0.25) is 6.79 Å². The first-order chi connectivity index (χ1) is 13.2. The minimum atomic E-state index is -0.826. The minimum Gasteiger partial charge on any atom is -0.458 e. The Balaban J connectivity index is 1.64. The Labute approximate surface area is 166 Å². The summed E-state index contributed by atoms with van der Waals surface area (Å²) in [7, 11) is 0. The third kappa shape index (κ3) is 3.10. The highest BCUT2D eigenvalue weighted by Gasteiger charge is 2.59. The van der Waals surface area contributed by atoms with Crippen molar-refractivity contribution in [2.24, 2.45) is 17.3 Å². The smallest absolute Gasteiger partial charge is 0.338 e. The Hall–Kier alpha value is -2.01. The van der Waals surface area contributed by atoms with Crippen LogP contribution in [-0.2, 0) is 4.74 Å². The molecule has 4 unspecified atom stereocenters. The van der Waals surface area contributed by atoms with E-state index in [1.165, 1.54) is 5.57 Å². The molecular formula is C23H30O5. The molecule has 4 rings (SSSR count). The van der Waals surface area contributed by atoms with Crippen LogP contribution in [0.4, 0.5) is 0 Å². The average molecular weight is 386 g/mol. The van der Waals surface area contributed by atoms with Gasteiger partial charge in [-0.1, -0.05) is 32.4 Å². The Morgan fingerprint density at radius 1 is 1.25 bits per heavy atom. The first-order valence-electron chi connectivity index (χ1n) is 10.2. The summed E-state index contributed by atoms with van der Waals surface area (Å²) in [5, 5.41) is 11.6. The number of carbonyl (C=O) groups excluding carboxylic acids is 1. The molecule has 0 saturated heterocycles. The van der Waals surface area contributed by atoms with Crippen LogP contribution in [0.25, 0.3) is 0 Å². The molecule has 1 saturated carbocycles. The van der Waals surface area contributed by atoms with Crippen LogP contribution in [0.3, 0.4) is 0 Å². The second-order valence-electron chi connectivity index (χ2n) is 9.25. The third-order valence-corrected chi connectivity index (χ3v) is 7.06. The van der Waals surface area contributed by atoms with Crippen molar-refractivity contribution in [2.45, 2.75) is 65.1 Å². The van der Waals surface area contributed by atoms with E-state index in [1.807, 2.05) is 0 Å². The molecule has 5 nitrogen and oxygen atoms in total. The number of carbonyl (C=O) groups is 1. The average Bonchev–Trinajstić information content (AvgIpc) is 3.19. The fraction of sp³-hybridized carbons (Fsp3) is 0.609. The van der Waals surface area contributed by atoms with Crippen molar-refractivity contribution in [3.05, 3.63) is 35.4 Å². The standard InChI is InChI=1S/C23H30O5/c1-14(2)23(25)10-9-22(4)8-7-15(3)11-19(20(22)23)28-21(24)16-5-6-17-18(12-16)27-13-26-17/h5-7,12,14,19-20,25H,8-11,13H2,1-4H3. The molecule has 28 heavy (non-hydrogen) atoms. The van der Waals surface area contributed by atoms with Crippen molar-refractivity contribution in [1.29, 1.82) is 0 Å². The van der Waals surface area contributed by atoms with Crippen molar-refractivity contribution >= 4 is 5.97 Å². The summed E-state index contributed by atoms with van der Waals surface area (Å²) in [4.78, 5) is 13.0. The summed E-state index contributed by atoms with van der Waals surface area (Å²) in [6.07, 6.45) is 5.16. The summed E-state index contributed by atoms with van der Waals surface area (Å²) >= 11 is 0. The molecular weight excluding hydrogens is 356 g/mol. The van der Waals surface area contributed by atoms with E-state index in [4.69, 9.17) is 14.2 Å². The predicted octanol–water partition coefficient (Wildman–Crippen LogP) is 4.48. The monoisotopic (exact) mass is 386 g/mol. The maximum absolute atomic E-state index is 13.0. The van der Waals surface area contributed by atoms with Crippen LogP contribution in [0.2, 0.25) is 0 Å². The van der Waals surface area contributed by atoms with Crippen molar-refractivity contribution in [3.63, 3.8) is 0 Å². The fourth-order valence-corrected chi connectivity index (χ4v) is 5.31. The van der Waals surface area contributed by atoms with Crippen LogP contribution >= 0.6 is 0 Å². The van der Waals surface area contributed by atoms with E-state index in [0.717, 1.165) is 19.3 Å². The van der Waals surface area contributed by atoms with Gasteiger partial charge in [0.15, 0.2) is 11.5 Å². The van der Waals surface area contributed by atoms with E-state index >= 15 is 0 Å². The molecule has 1 heterocycles. The molecule has 0 spiro atoms. The second-order valence-corrected chi connectivity index (χ2v) is 9.25. The maximum Gasteiger partial charge on any atom is 0.338 e. The Morgan fingerprint density at radius 3 is 2.75 bits per heavy atom. The van der Waals surface area contributed by atoms with E-state index in [0.29, 0.717) is 23.5 Å². The number of esters is 1. The van der Waals surface area contributed by atoms with Gasteiger partial charge in [0.05, 0.1) is 11.2 Å². The lowest BCUT2D eigenvalue weighted by atomic mass is 9.67. The number of ether oxygens (including phenoxy) is 3. The van der Waals surface area contributed by atoms with Crippen molar-refractivity contribution in [3.8, 4) is 11.5 Å². The van der Waals surface area contributed by atoms with E-state index in [1.54, 1.807) is 18.2 Å². The van der Waals surface area contributed by atoms with Gasteiger partial charge in [-0.05, 0) is 55.7 Å². The van der Waals surface area contributed by atoms with Crippen molar-refractivity contribution in [1.82, 2.24) is 0 Å². The predicted molar refractivity (Wildman–Crippen MR) is 105 cm³/mol. The molecule has 2 aliphatic carbocycles. The van der Waals surface area contributed by atoms with E-state index in [9.17, 15) is 9.90 Å². The highest BCUT2D eigenvalue weighted by molar-refractivity contribution is 5.90. The minimum absolute atomic E-state index is 0.0728. The van der Waals surface area contributed by atoms with Crippen LogP contribution < -0.4 is 9.47 Å². The zero-order chi connectivity index (χ0) is 20.1. The lowest BCUT2D eigenvalue weighted by Crippen LogP contribution is -2.50. The summed E-state index contributed by atoms with van der Waals surface area (Å²) in [5.74, 6) is 0.840. The third-order valence-electron chi connectivity index (χ3n) is 7.06. The number of allylic oxidation sites excluding steroid dienone is 1. The second kappa shape index (κ2) is 6.80. The summed E-state index contributed by atoms with van der Waals surface area (Å²) < 4.78 is 16.8. The molecule has 3 aliphatic rings. The normalized spacial score (nSPS) is 34.0. The number of hydrogen-bond donors (Lipinski definition) is 1. The molecule has 152 valence electrons. The zero-order valence-corrected chi connectivity index (χ0v) is 17.2. The molecule has 0 bridgehead atoms. The summed E-state index contributed by atoms with van der Waals surface area (Å²) in [6, 6.07) is 5.12. The highest BCUT2D eigenvalue weighted by atomic mass is 16.7. The van der Waals surface area contributed by atoms with E-state index in [-0.39, 0.29) is 36.1 Å². The van der Waals surface area contributed by atoms with Gasteiger partial charge in [-0.25, -0.2) is 4.79 Å². The van der Waals surface area contributed by atoms with Gasteiger partial charge < -0.3 is 19.3 Å². The molecule has 0 radical (unpaired) electrons. The van der Waals surface area contributed by atoms with E-state index < -0.39 is 5.60 Å². The van der Waals surface area contributed by atoms with Crippen LogP contribution in [-0.4, -0.2) is 29.6 Å². The summed E-state index contributed by atoms with van der Waals surface area (Å²) in [6.45, 7) is 8.61. The quantitative estimate of drug-likeness (QED) is 0.613. The lowest BCUT2D eigenvalue weighted by molar-refractivity contribution is -0.112. The van der Waals surface area contributed by atoms with E-state index in [2.05, 4.69) is 33.8 Å². The molecule has 1 aromatic rings. The van der Waals surface area contributed by atoms with Gasteiger partial charge in [-0.15, -0.1) is 0 Å². The summed E-state index contributed by atoms with van der Waals surface area (Å²) in [5.41, 5.74) is 0.761. The number of rotatable bonds is 3. The SMILES string of the molecule is CC1=CCC2(C)CCC(O)(C(C)C)C2C(OC(=O)c2ccc3c(c2)OCO3)C1. The van der Waals surface area contributed by atoms with Gasteiger partial charge in [0, 0.05) is 12.3 Å². The molecule has 4 atom stereocenters. The first kappa shape index (κ1) is 19.3. The lowest BCUT2D eigenvalue weighted by Gasteiger charge is -2.43. The number of hydrogen-bond acceptors (Lipinski definition) is 5. The molecule has 1 aromatic carbocycles. The van der Waals surface area contributed by atoms with Gasteiger partial charge in [-0.3, -0.25) is 0 Å². The highest BCUT2D eigenvalue weighted by Crippen LogP contribution is 2.58. The molecule has 0 aromatic heterocycles. The molecule has 0 amide bonds. The van der Waals surface area contributed by atoms with Crippen LogP contribution in [0.15, 0.2) is 29.8 Å². The largest absolute Gasteiger partial charge is 0.458 e. The fourth-order valence-electron chi connectivity index (χ4n) is 5.31. The molecule has 1 aliphatic heterocycles. The van der Waals surface area contributed by atoms with Gasteiger partial charge >= 0.3 is 5.97 Å². The van der Waals surface area contributed by atoms with Crippen LogP contribution in [0.5, 0.6) is 11.5 Å². The van der Waals surface area contributed by atoms with Crippen molar-refractivity contribution in [2.75, 3.05) is 6.79 Å². The maximum atomic E-state index is 13.0. The number of fused-ring (bicyclic) bond motifs is 2. The molecule has 5 heteroatoms.